The van der Waals surface area contributed by atoms with E-state index in [0.29, 0.717) is 22.0 Å². The summed E-state index contributed by atoms with van der Waals surface area (Å²) in [5, 5.41) is 3.17. The highest BCUT2D eigenvalue weighted by Gasteiger charge is 2.11. The Morgan fingerprint density at radius 2 is 2.14 bits per heavy atom. The SMILES string of the molecule is COc1ccc(Cl)cc1NC(=O)Cn1cc(Br)cc(C)c1=O. The van der Waals surface area contributed by atoms with Crippen LogP contribution in [0.25, 0.3) is 0 Å². The third kappa shape index (κ3) is 3.90. The second kappa shape index (κ2) is 6.98. The first-order chi connectivity index (χ1) is 10.4. The third-order valence-electron chi connectivity index (χ3n) is 2.98. The van der Waals surface area contributed by atoms with Gasteiger partial charge < -0.3 is 14.6 Å². The van der Waals surface area contributed by atoms with Crippen LogP contribution in [0.2, 0.25) is 5.02 Å². The van der Waals surface area contributed by atoms with Crippen molar-refractivity contribution >= 4 is 39.1 Å². The molecule has 2 rings (SSSR count). The Morgan fingerprint density at radius 1 is 1.41 bits per heavy atom. The highest BCUT2D eigenvalue weighted by molar-refractivity contribution is 9.10. The van der Waals surface area contributed by atoms with E-state index < -0.39 is 0 Å². The van der Waals surface area contributed by atoms with Gasteiger partial charge in [0, 0.05) is 21.3 Å². The molecule has 0 radical (unpaired) electrons. The summed E-state index contributed by atoms with van der Waals surface area (Å²) in [7, 11) is 1.50. The van der Waals surface area contributed by atoms with Crippen molar-refractivity contribution in [1.29, 1.82) is 0 Å². The minimum Gasteiger partial charge on any atom is -0.495 e. The first-order valence-corrected chi connectivity index (χ1v) is 7.58. The van der Waals surface area contributed by atoms with Crippen molar-refractivity contribution in [3.8, 4) is 5.75 Å². The number of hydrogen-bond acceptors (Lipinski definition) is 3. The first-order valence-electron chi connectivity index (χ1n) is 6.40. The Labute approximate surface area is 141 Å². The number of rotatable bonds is 4. The Morgan fingerprint density at radius 3 is 2.82 bits per heavy atom. The predicted molar refractivity (Wildman–Crippen MR) is 89.8 cm³/mol. The molecule has 22 heavy (non-hydrogen) atoms. The molecule has 1 heterocycles. The van der Waals surface area contributed by atoms with Gasteiger partial charge in [-0.25, -0.2) is 0 Å². The largest absolute Gasteiger partial charge is 0.495 e. The number of ether oxygens (including phenoxy) is 1. The Hall–Kier alpha value is -1.79. The summed E-state index contributed by atoms with van der Waals surface area (Å²) in [6.45, 7) is 1.59. The number of benzene rings is 1. The molecule has 0 fully saturated rings. The molecule has 0 unspecified atom stereocenters. The van der Waals surface area contributed by atoms with Crippen LogP contribution in [0.5, 0.6) is 5.75 Å². The normalized spacial score (nSPS) is 10.4. The lowest BCUT2D eigenvalue weighted by Crippen LogP contribution is -2.28. The lowest BCUT2D eigenvalue weighted by molar-refractivity contribution is -0.116. The van der Waals surface area contributed by atoms with Crippen LogP contribution in [-0.4, -0.2) is 17.6 Å². The van der Waals surface area contributed by atoms with Gasteiger partial charge in [0.05, 0.1) is 12.8 Å². The number of carbonyl (C=O) groups excluding carboxylic acids is 1. The lowest BCUT2D eigenvalue weighted by atomic mass is 10.3. The van der Waals surface area contributed by atoms with Crippen molar-refractivity contribution in [2.45, 2.75) is 13.5 Å². The van der Waals surface area contributed by atoms with Crippen LogP contribution in [0.3, 0.4) is 0 Å². The zero-order valence-electron chi connectivity index (χ0n) is 12.0. The van der Waals surface area contributed by atoms with E-state index in [1.54, 1.807) is 37.4 Å². The Balaban J connectivity index is 2.21. The van der Waals surface area contributed by atoms with Crippen molar-refractivity contribution in [3.05, 3.63) is 55.9 Å². The van der Waals surface area contributed by atoms with Crippen LogP contribution in [0.15, 0.2) is 39.7 Å². The fourth-order valence-electron chi connectivity index (χ4n) is 1.98. The second-order valence-electron chi connectivity index (χ2n) is 4.67. The molecular formula is C15H14BrClN2O3. The molecule has 0 saturated heterocycles. The van der Waals surface area contributed by atoms with Crippen molar-refractivity contribution in [1.82, 2.24) is 4.57 Å². The van der Waals surface area contributed by atoms with E-state index in [1.807, 2.05) is 0 Å². The number of amides is 1. The molecule has 5 nitrogen and oxygen atoms in total. The fourth-order valence-corrected chi connectivity index (χ4v) is 2.74. The molecule has 1 aromatic heterocycles. The van der Waals surface area contributed by atoms with Gasteiger partial charge in [0.1, 0.15) is 12.3 Å². The molecule has 1 N–H and O–H groups in total. The Bertz CT molecular complexity index is 774. The summed E-state index contributed by atoms with van der Waals surface area (Å²) in [6.07, 6.45) is 1.57. The fraction of sp³-hybridized carbons (Fsp3) is 0.200. The molecule has 1 aromatic carbocycles. The van der Waals surface area contributed by atoms with Gasteiger partial charge in [0.15, 0.2) is 0 Å². The number of aryl methyl sites for hydroxylation is 1. The maximum atomic E-state index is 12.2. The number of aromatic nitrogens is 1. The van der Waals surface area contributed by atoms with Crippen LogP contribution in [0.4, 0.5) is 5.69 Å². The quantitative estimate of drug-likeness (QED) is 0.879. The van der Waals surface area contributed by atoms with E-state index in [1.165, 1.54) is 11.7 Å². The molecule has 116 valence electrons. The molecule has 0 bridgehead atoms. The van der Waals surface area contributed by atoms with Gasteiger partial charge >= 0.3 is 0 Å². The minimum absolute atomic E-state index is 0.102. The molecule has 0 spiro atoms. The van der Waals surface area contributed by atoms with Crippen LogP contribution in [0, 0.1) is 6.92 Å². The number of methoxy groups -OCH3 is 1. The molecular weight excluding hydrogens is 372 g/mol. The summed E-state index contributed by atoms with van der Waals surface area (Å²) in [6, 6.07) is 6.62. The summed E-state index contributed by atoms with van der Waals surface area (Å²) in [4.78, 5) is 24.2. The number of pyridine rings is 1. The molecule has 1 amide bonds. The van der Waals surface area contributed by atoms with Gasteiger partial charge in [0.25, 0.3) is 5.56 Å². The van der Waals surface area contributed by atoms with Crippen LogP contribution >= 0.6 is 27.5 Å². The Kier molecular flexibility index (Phi) is 5.26. The molecule has 0 saturated carbocycles. The third-order valence-corrected chi connectivity index (χ3v) is 3.65. The van der Waals surface area contributed by atoms with Crippen LogP contribution in [0.1, 0.15) is 5.56 Å². The van der Waals surface area contributed by atoms with Gasteiger partial charge in [-0.15, -0.1) is 0 Å². The average molecular weight is 386 g/mol. The van der Waals surface area contributed by atoms with Crippen LogP contribution < -0.4 is 15.6 Å². The molecule has 2 aromatic rings. The lowest BCUT2D eigenvalue weighted by Gasteiger charge is -2.12. The van der Waals surface area contributed by atoms with Crippen LogP contribution in [-0.2, 0) is 11.3 Å². The van der Waals surface area contributed by atoms with E-state index in [-0.39, 0.29) is 18.0 Å². The summed E-state index contributed by atoms with van der Waals surface area (Å²) in [5.74, 6) is 0.149. The zero-order chi connectivity index (χ0) is 16.3. The second-order valence-corrected chi connectivity index (χ2v) is 6.02. The monoisotopic (exact) mass is 384 g/mol. The van der Waals surface area contributed by atoms with Crippen molar-refractivity contribution < 1.29 is 9.53 Å². The topological polar surface area (TPSA) is 60.3 Å². The van der Waals surface area contributed by atoms with E-state index in [0.717, 1.165) is 4.47 Å². The van der Waals surface area contributed by atoms with E-state index >= 15 is 0 Å². The highest BCUT2D eigenvalue weighted by atomic mass is 79.9. The summed E-state index contributed by atoms with van der Waals surface area (Å²) < 4.78 is 7.24. The summed E-state index contributed by atoms with van der Waals surface area (Å²) in [5.41, 5.74) is 0.804. The zero-order valence-corrected chi connectivity index (χ0v) is 14.4. The number of carbonyl (C=O) groups is 1. The number of nitrogens with zero attached hydrogens (tertiary/aromatic N) is 1. The number of nitrogens with one attached hydrogen (secondary N) is 1. The average Bonchev–Trinajstić information content (AvgIpc) is 2.44. The maximum Gasteiger partial charge on any atom is 0.253 e. The highest BCUT2D eigenvalue weighted by Crippen LogP contribution is 2.27. The molecule has 0 aliphatic carbocycles. The van der Waals surface area contributed by atoms with E-state index in [4.69, 9.17) is 16.3 Å². The molecule has 0 aliphatic rings. The van der Waals surface area contributed by atoms with Gasteiger partial charge in [-0.1, -0.05) is 11.6 Å². The van der Waals surface area contributed by atoms with Gasteiger partial charge in [0.2, 0.25) is 5.91 Å². The number of anilines is 1. The smallest absolute Gasteiger partial charge is 0.253 e. The van der Waals surface area contributed by atoms with E-state index in [2.05, 4.69) is 21.2 Å². The van der Waals surface area contributed by atoms with Gasteiger partial charge in [-0.05, 0) is 47.1 Å². The molecule has 0 atom stereocenters. The van der Waals surface area contributed by atoms with E-state index in [9.17, 15) is 9.59 Å². The predicted octanol–water partition coefficient (Wildman–Crippen LogP) is 3.22. The van der Waals surface area contributed by atoms with Gasteiger partial charge in [-0.3, -0.25) is 9.59 Å². The van der Waals surface area contributed by atoms with Crippen molar-refractivity contribution in [3.63, 3.8) is 0 Å². The maximum absolute atomic E-state index is 12.2. The first kappa shape index (κ1) is 16.6. The summed E-state index contributed by atoms with van der Waals surface area (Å²) >= 11 is 9.22. The molecule has 7 heteroatoms. The van der Waals surface area contributed by atoms with Crippen molar-refractivity contribution in [2.75, 3.05) is 12.4 Å². The number of halogens is 2. The standard InChI is InChI=1S/C15H14BrClN2O3/c1-9-5-10(16)7-19(15(9)21)8-14(20)18-12-6-11(17)3-4-13(12)22-2/h3-7H,8H2,1-2H3,(H,18,20). The molecule has 0 aliphatic heterocycles. The minimum atomic E-state index is -0.347. The van der Waals surface area contributed by atoms with Crippen molar-refractivity contribution in [2.24, 2.45) is 0 Å². The van der Waals surface area contributed by atoms with Gasteiger partial charge in [-0.2, -0.15) is 0 Å². The number of hydrogen-bond donors (Lipinski definition) is 1.